The van der Waals surface area contributed by atoms with Gasteiger partial charge in [0.2, 0.25) is 5.91 Å². The molecule has 1 amide bonds. The lowest BCUT2D eigenvalue weighted by molar-refractivity contribution is -0.132. The number of carbonyl (C=O) groups is 1. The second-order valence-electron chi connectivity index (χ2n) is 5.61. The molecule has 1 aliphatic heterocycles. The third kappa shape index (κ3) is 6.39. The Kier molecular flexibility index (Phi) is 8.06. The van der Waals surface area contributed by atoms with Gasteiger partial charge in [-0.05, 0) is 19.3 Å². The van der Waals surface area contributed by atoms with E-state index in [1.165, 1.54) is 38.5 Å². The lowest BCUT2D eigenvalue weighted by atomic mass is 10.0. The number of nitrogens with zero attached hydrogens (tertiary/aromatic N) is 1. The number of nitrogens with two attached hydrogens (primary N) is 1. The number of carbonyl (C=O) groups excluding carboxylic acids is 1. The summed E-state index contributed by atoms with van der Waals surface area (Å²) in [6, 6.07) is 0.205. The summed E-state index contributed by atoms with van der Waals surface area (Å²) in [7, 11) is 0. The summed E-state index contributed by atoms with van der Waals surface area (Å²) < 4.78 is 0. The number of amides is 1. The molecule has 2 N–H and O–H groups in total. The molecule has 0 saturated carbocycles. The molecule has 0 bridgehead atoms. The minimum atomic E-state index is 0.205. The second kappa shape index (κ2) is 9.37. The molecule has 1 atom stereocenters. The van der Waals surface area contributed by atoms with Crippen LogP contribution in [0.5, 0.6) is 0 Å². The molecule has 0 aromatic rings. The van der Waals surface area contributed by atoms with Gasteiger partial charge in [0, 0.05) is 25.6 Å². The zero-order valence-corrected chi connectivity index (χ0v) is 12.0. The first-order chi connectivity index (χ1) is 8.74. The van der Waals surface area contributed by atoms with Crippen LogP contribution in [0.4, 0.5) is 0 Å². The topological polar surface area (TPSA) is 46.3 Å². The van der Waals surface area contributed by atoms with Gasteiger partial charge >= 0.3 is 0 Å². The van der Waals surface area contributed by atoms with Crippen molar-refractivity contribution in [2.45, 2.75) is 77.2 Å². The molecular formula is C15H30N2O. The van der Waals surface area contributed by atoms with Gasteiger partial charge in [0.1, 0.15) is 0 Å². The molecule has 3 nitrogen and oxygen atoms in total. The highest BCUT2D eigenvalue weighted by atomic mass is 16.2. The number of rotatable bonds is 8. The molecule has 3 heteroatoms. The molecule has 1 fully saturated rings. The highest BCUT2D eigenvalue weighted by Gasteiger charge is 2.20. The van der Waals surface area contributed by atoms with E-state index in [4.69, 9.17) is 5.73 Å². The largest absolute Gasteiger partial charge is 0.341 e. The van der Waals surface area contributed by atoms with Crippen LogP contribution in [0.3, 0.4) is 0 Å². The van der Waals surface area contributed by atoms with Gasteiger partial charge in [0.15, 0.2) is 0 Å². The van der Waals surface area contributed by atoms with Crippen molar-refractivity contribution < 1.29 is 4.79 Å². The molecule has 1 heterocycles. The summed E-state index contributed by atoms with van der Waals surface area (Å²) in [6.45, 7) is 3.93. The Morgan fingerprint density at radius 2 is 1.83 bits per heavy atom. The molecule has 106 valence electrons. The molecule has 0 aromatic carbocycles. The van der Waals surface area contributed by atoms with Crippen molar-refractivity contribution in [3.8, 4) is 0 Å². The van der Waals surface area contributed by atoms with Crippen molar-refractivity contribution in [2.75, 3.05) is 13.1 Å². The second-order valence-corrected chi connectivity index (χ2v) is 5.61. The average Bonchev–Trinajstić information content (AvgIpc) is 2.37. The zero-order valence-electron chi connectivity index (χ0n) is 12.0. The molecule has 0 aliphatic carbocycles. The van der Waals surface area contributed by atoms with Crippen molar-refractivity contribution in [3.05, 3.63) is 0 Å². The predicted octanol–water partition coefficient (Wildman–Crippen LogP) is 3.08. The van der Waals surface area contributed by atoms with Crippen LogP contribution in [-0.2, 0) is 4.79 Å². The lowest BCUT2D eigenvalue weighted by Crippen LogP contribution is -2.45. The van der Waals surface area contributed by atoms with Crippen LogP contribution in [0.25, 0.3) is 0 Å². The summed E-state index contributed by atoms with van der Waals surface area (Å²) in [5.41, 5.74) is 5.89. The van der Waals surface area contributed by atoms with E-state index in [-0.39, 0.29) is 6.04 Å². The van der Waals surface area contributed by atoms with Gasteiger partial charge in [0.25, 0.3) is 0 Å². The first-order valence-electron chi connectivity index (χ1n) is 7.77. The van der Waals surface area contributed by atoms with Gasteiger partial charge in [-0.25, -0.2) is 0 Å². The maximum absolute atomic E-state index is 11.9. The van der Waals surface area contributed by atoms with Crippen molar-refractivity contribution in [2.24, 2.45) is 5.73 Å². The fraction of sp³-hybridized carbons (Fsp3) is 0.933. The Morgan fingerprint density at radius 1 is 1.17 bits per heavy atom. The Hall–Kier alpha value is -0.570. The van der Waals surface area contributed by atoms with Gasteiger partial charge < -0.3 is 10.6 Å². The maximum atomic E-state index is 11.9. The van der Waals surface area contributed by atoms with E-state index in [9.17, 15) is 4.79 Å². The van der Waals surface area contributed by atoms with Crippen LogP contribution >= 0.6 is 0 Å². The van der Waals surface area contributed by atoms with Gasteiger partial charge in [-0.15, -0.1) is 0 Å². The molecule has 0 unspecified atom stereocenters. The number of piperidine rings is 1. The van der Waals surface area contributed by atoms with Gasteiger partial charge in [-0.3, -0.25) is 4.79 Å². The molecule has 1 aliphatic rings. The lowest BCUT2D eigenvalue weighted by Gasteiger charge is -2.30. The number of hydrogen-bond acceptors (Lipinski definition) is 2. The van der Waals surface area contributed by atoms with Crippen molar-refractivity contribution in [1.82, 2.24) is 4.90 Å². The molecule has 0 spiro atoms. The minimum Gasteiger partial charge on any atom is -0.341 e. The van der Waals surface area contributed by atoms with Crippen LogP contribution in [0.15, 0.2) is 0 Å². The van der Waals surface area contributed by atoms with E-state index in [1.807, 2.05) is 4.90 Å². The predicted molar refractivity (Wildman–Crippen MR) is 76.4 cm³/mol. The van der Waals surface area contributed by atoms with Crippen molar-refractivity contribution in [3.63, 3.8) is 0 Å². The zero-order chi connectivity index (χ0) is 13.2. The summed E-state index contributed by atoms with van der Waals surface area (Å²) in [4.78, 5) is 13.9. The van der Waals surface area contributed by atoms with Crippen molar-refractivity contribution in [1.29, 1.82) is 0 Å². The van der Waals surface area contributed by atoms with Crippen LogP contribution in [-0.4, -0.2) is 29.9 Å². The smallest absolute Gasteiger partial charge is 0.222 e. The quantitative estimate of drug-likeness (QED) is 0.677. The highest BCUT2D eigenvalue weighted by Crippen LogP contribution is 2.13. The van der Waals surface area contributed by atoms with E-state index >= 15 is 0 Å². The van der Waals surface area contributed by atoms with Gasteiger partial charge in [-0.2, -0.15) is 0 Å². The molecule has 0 radical (unpaired) electrons. The van der Waals surface area contributed by atoms with Crippen LogP contribution in [0, 0.1) is 0 Å². The molecular weight excluding hydrogens is 224 g/mol. The first kappa shape index (κ1) is 15.5. The van der Waals surface area contributed by atoms with E-state index in [0.29, 0.717) is 5.91 Å². The third-order valence-corrected chi connectivity index (χ3v) is 3.80. The summed E-state index contributed by atoms with van der Waals surface area (Å²) >= 11 is 0. The monoisotopic (exact) mass is 254 g/mol. The Morgan fingerprint density at radius 3 is 2.50 bits per heavy atom. The fourth-order valence-electron chi connectivity index (χ4n) is 2.63. The maximum Gasteiger partial charge on any atom is 0.222 e. The highest BCUT2D eigenvalue weighted by molar-refractivity contribution is 5.76. The fourth-order valence-corrected chi connectivity index (χ4v) is 2.63. The van der Waals surface area contributed by atoms with Crippen LogP contribution < -0.4 is 5.73 Å². The third-order valence-electron chi connectivity index (χ3n) is 3.80. The molecule has 18 heavy (non-hydrogen) atoms. The van der Waals surface area contributed by atoms with Crippen LogP contribution in [0.1, 0.15) is 71.1 Å². The number of unbranched alkanes of at least 4 members (excludes halogenated alkanes) is 6. The normalized spacial score (nSPS) is 20.1. The van der Waals surface area contributed by atoms with E-state index in [1.54, 1.807) is 0 Å². The Labute approximate surface area is 112 Å². The first-order valence-corrected chi connectivity index (χ1v) is 7.77. The average molecular weight is 254 g/mol. The summed E-state index contributed by atoms with van der Waals surface area (Å²) in [6.07, 6.45) is 11.7. The van der Waals surface area contributed by atoms with E-state index in [2.05, 4.69) is 6.92 Å². The molecule has 0 aromatic heterocycles. The SMILES string of the molecule is CCCCCCCCCC(=O)N1CCC[C@@H](N)C1. The molecule has 1 saturated heterocycles. The number of hydrogen-bond donors (Lipinski definition) is 1. The Balaban J connectivity index is 1.99. The summed E-state index contributed by atoms with van der Waals surface area (Å²) in [5, 5.41) is 0. The number of likely N-dealkylation sites (tertiary alicyclic amines) is 1. The van der Waals surface area contributed by atoms with Gasteiger partial charge in [0.05, 0.1) is 0 Å². The summed E-state index contributed by atoms with van der Waals surface area (Å²) in [5.74, 6) is 0.318. The minimum absolute atomic E-state index is 0.205. The van der Waals surface area contributed by atoms with Gasteiger partial charge in [-0.1, -0.05) is 45.4 Å². The Bertz CT molecular complexity index is 231. The molecule has 1 rings (SSSR count). The van der Waals surface area contributed by atoms with E-state index in [0.717, 1.165) is 38.8 Å². The van der Waals surface area contributed by atoms with E-state index < -0.39 is 0 Å². The standard InChI is InChI=1S/C15H30N2O/c1-2-3-4-5-6-7-8-11-15(18)17-12-9-10-14(16)13-17/h14H,2-13,16H2,1H3/t14-/m1/s1. The van der Waals surface area contributed by atoms with Crippen molar-refractivity contribution >= 4 is 5.91 Å². The van der Waals surface area contributed by atoms with Crippen LogP contribution in [0.2, 0.25) is 0 Å².